The molecule has 11 heavy (non-hydrogen) atoms. The van der Waals surface area contributed by atoms with Crippen LogP contribution in [0.5, 0.6) is 0 Å². The molecule has 64 valence electrons. The zero-order chi connectivity index (χ0) is 8.48. The Morgan fingerprint density at radius 1 is 1.64 bits per heavy atom. The number of amides is 1. The van der Waals surface area contributed by atoms with Crippen LogP contribution in [0.4, 0.5) is 0 Å². The smallest absolute Gasteiger partial charge is 0.236 e. The Kier molecular flexibility index (Phi) is 2.47. The van der Waals surface area contributed by atoms with Gasteiger partial charge in [-0.05, 0) is 18.6 Å². The van der Waals surface area contributed by atoms with Crippen molar-refractivity contribution in [3.8, 4) is 0 Å². The van der Waals surface area contributed by atoms with Crippen molar-refractivity contribution in [3.63, 3.8) is 0 Å². The summed E-state index contributed by atoms with van der Waals surface area (Å²) < 4.78 is -0.139. The highest BCUT2D eigenvalue weighted by atomic mass is 32.2. The molecule has 1 rings (SSSR count). The van der Waals surface area contributed by atoms with E-state index in [2.05, 4.69) is 19.2 Å². The van der Waals surface area contributed by atoms with Crippen molar-refractivity contribution < 1.29 is 4.79 Å². The third-order valence-electron chi connectivity index (χ3n) is 2.46. The first-order valence-corrected chi connectivity index (χ1v) is 5.19. The highest BCUT2D eigenvalue weighted by Crippen LogP contribution is 2.37. The summed E-state index contributed by atoms with van der Waals surface area (Å²) in [7, 11) is 0. The van der Waals surface area contributed by atoms with Gasteiger partial charge in [0.2, 0.25) is 5.91 Å². The Bertz CT molecular complexity index is 169. The number of carbonyl (C=O) groups excluding carboxylic acids is 1. The predicted molar refractivity (Wildman–Crippen MR) is 48.7 cm³/mol. The first kappa shape index (κ1) is 8.91. The maximum absolute atomic E-state index is 11.4. The number of rotatable bonds is 2. The van der Waals surface area contributed by atoms with E-state index in [9.17, 15) is 4.79 Å². The van der Waals surface area contributed by atoms with Crippen LogP contribution in [0.1, 0.15) is 20.3 Å². The molecule has 0 aromatic heterocycles. The standard InChI is InChI=1S/C8H15NOS/c1-6(2)8(11-3)4-5-9-7(8)10/h6H,4-5H2,1-3H3,(H,9,10). The van der Waals surface area contributed by atoms with E-state index in [4.69, 9.17) is 0 Å². The molecule has 1 aliphatic rings. The molecular formula is C8H15NOS. The molecule has 0 saturated carbocycles. The van der Waals surface area contributed by atoms with Gasteiger partial charge < -0.3 is 5.32 Å². The van der Waals surface area contributed by atoms with Crippen LogP contribution in [0.3, 0.4) is 0 Å². The van der Waals surface area contributed by atoms with Gasteiger partial charge in [0.15, 0.2) is 0 Å². The van der Waals surface area contributed by atoms with Crippen molar-refractivity contribution in [2.75, 3.05) is 12.8 Å². The minimum atomic E-state index is -0.139. The number of hydrogen-bond acceptors (Lipinski definition) is 2. The van der Waals surface area contributed by atoms with E-state index in [1.165, 1.54) is 0 Å². The Morgan fingerprint density at radius 2 is 2.27 bits per heavy atom. The Morgan fingerprint density at radius 3 is 2.45 bits per heavy atom. The van der Waals surface area contributed by atoms with Crippen LogP contribution in [0.15, 0.2) is 0 Å². The molecule has 0 spiro atoms. The van der Waals surface area contributed by atoms with E-state index in [1.807, 2.05) is 6.26 Å². The van der Waals surface area contributed by atoms with E-state index in [-0.39, 0.29) is 10.7 Å². The molecule has 1 fully saturated rings. The molecule has 1 aliphatic heterocycles. The quantitative estimate of drug-likeness (QED) is 0.681. The molecular weight excluding hydrogens is 158 g/mol. The van der Waals surface area contributed by atoms with Gasteiger partial charge in [-0.2, -0.15) is 0 Å². The summed E-state index contributed by atoms with van der Waals surface area (Å²) in [5.74, 6) is 0.653. The van der Waals surface area contributed by atoms with Gasteiger partial charge in [0.1, 0.15) is 0 Å². The summed E-state index contributed by atoms with van der Waals surface area (Å²) in [5.41, 5.74) is 0. The fourth-order valence-electron chi connectivity index (χ4n) is 1.61. The van der Waals surface area contributed by atoms with Crippen LogP contribution in [-0.2, 0) is 4.79 Å². The van der Waals surface area contributed by atoms with Crippen molar-refractivity contribution in [1.82, 2.24) is 5.32 Å². The van der Waals surface area contributed by atoms with Crippen LogP contribution < -0.4 is 5.32 Å². The molecule has 1 heterocycles. The number of carbonyl (C=O) groups is 1. The summed E-state index contributed by atoms with van der Waals surface area (Å²) in [5, 5.41) is 2.88. The van der Waals surface area contributed by atoms with Gasteiger partial charge in [-0.1, -0.05) is 13.8 Å². The van der Waals surface area contributed by atoms with Gasteiger partial charge in [0, 0.05) is 6.54 Å². The van der Waals surface area contributed by atoms with Gasteiger partial charge in [0.05, 0.1) is 4.75 Å². The second kappa shape index (κ2) is 3.05. The third kappa shape index (κ3) is 1.26. The zero-order valence-corrected chi connectivity index (χ0v) is 8.12. The van der Waals surface area contributed by atoms with Crippen molar-refractivity contribution in [1.29, 1.82) is 0 Å². The van der Waals surface area contributed by atoms with Crippen molar-refractivity contribution >= 4 is 17.7 Å². The molecule has 0 aliphatic carbocycles. The minimum absolute atomic E-state index is 0.139. The molecule has 1 saturated heterocycles. The Hall–Kier alpha value is -0.180. The van der Waals surface area contributed by atoms with Crippen LogP contribution in [-0.4, -0.2) is 23.5 Å². The molecule has 1 N–H and O–H groups in total. The first-order valence-electron chi connectivity index (χ1n) is 3.97. The summed E-state index contributed by atoms with van der Waals surface area (Å²) in [6.45, 7) is 5.07. The van der Waals surface area contributed by atoms with E-state index >= 15 is 0 Å². The first-order chi connectivity index (χ1) is 5.13. The Balaban J connectivity index is 2.82. The fourth-order valence-corrected chi connectivity index (χ4v) is 2.64. The summed E-state index contributed by atoms with van der Waals surface area (Å²) in [6.07, 6.45) is 3.00. The van der Waals surface area contributed by atoms with E-state index < -0.39 is 0 Å². The second-order valence-corrected chi connectivity index (χ2v) is 4.39. The number of thioether (sulfide) groups is 1. The van der Waals surface area contributed by atoms with Crippen LogP contribution in [0.25, 0.3) is 0 Å². The monoisotopic (exact) mass is 173 g/mol. The number of hydrogen-bond donors (Lipinski definition) is 1. The second-order valence-electron chi connectivity index (χ2n) is 3.25. The van der Waals surface area contributed by atoms with Gasteiger partial charge in [-0.3, -0.25) is 4.79 Å². The van der Waals surface area contributed by atoms with Gasteiger partial charge in [-0.15, -0.1) is 11.8 Å². The lowest BCUT2D eigenvalue weighted by Crippen LogP contribution is -2.39. The minimum Gasteiger partial charge on any atom is -0.355 e. The van der Waals surface area contributed by atoms with Gasteiger partial charge in [0.25, 0.3) is 0 Å². The number of nitrogens with one attached hydrogen (secondary N) is 1. The van der Waals surface area contributed by atoms with Crippen LogP contribution >= 0.6 is 11.8 Å². The third-order valence-corrected chi connectivity index (χ3v) is 4.05. The van der Waals surface area contributed by atoms with E-state index in [0.29, 0.717) is 5.92 Å². The van der Waals surface area contributed by atoms with Crippen molar-refractivity contribution in [2.24, 2.45) is 5.92 Å². The Labute approximate surface area is 72.1 Å². The maximum Gasteiger partial charge on any atom is 0.236 e. The molecule has 1 amide bonds. The van der Waals surface area contributed by atoms with Crippen molar-refractivity contribution in [3.05, 3.63) is 0 Å². The molecule has 0 radical (unpaired) electrons. The molecule has 3 heteroatoms. The molecule has 0 aromatic carbocycles. The largest absolute Gasteiger partial charge is 0.355 e. The SMILES string of the molecule is CSC1(C(C)C)CCNC1=O. The van der Waals surface area contributed by atoms with E-state index in [0.717, 1.165) is 13.0 Å². The fraction of sp³-hybridized carbons (Fsp3) is 0.875. The topological polar surface area (TPSA) is 29.1 Å². The van der Waals surface area contributed by atoms with Gasteiger partial charge in [-0.25, -0.2) is 0 Å². The highest BCUT2D eigenvalue weighted by Gasteiger charge is 2.44. The lowest BCUT2D eigenvalue weighted by atomic mass is 9.93. The van der Waals surface area contributed by atoms with Crippen LogP contribution in [0.2, 0.25) is 0 Å². The molecule has 1 unspecified atom stereocenters. The average molecular weight is 173 g/mol. The summed E-state index contributed by atoms with van der Waals surface area (Å²) in [6, 6.07) is 0. The normalized spacial score (nSPS) is 31.1. The summed E-state index contributed by atoms with van der Waals surface area (Å²) in [4.78, 5) is 11.4. The lowest BCUT2D eigenvalue weighted by Gasteiger charge is -2.27. The molecule has 1 atom stereocenters. The summed E-state index contributed by atoms with van der Waals surface area (Å²) >= 11 is 1.68. The molecule has 0 aromatic rings. The van der Waals surface area contributed by atoms with E-state index in [1.54, 1.807) is 11.8 Å². The highest BCUT2D eigenvalue weighted by molar-refractivity contribution is 8.00. The average Bonchev–Trinajstić information content (AvgIpc) is 2.32. The van der Waals surface area contributed by atoms with Gasteiger partial charge >= 0.3 is 0 Å². The maximum atomic E-state index is 11.4. The lowest BCUT2D eigenvalue weighted by molar-refractivity contribution is -0.122. The molecule has 0 bridgehead atoms. The van der Waals surface area contributed by atoms with Crippen molar-refractivity contribution in [2.45, 2.75) is 25.0 Å². The predicted octanol–water partition coefficient (Wildman–Crippen LogP) is 1.26. The molecule has 2 nitrogen and oxygen atoms in total. The van der Waals surface area contributed by atoms with Crippen LogP contribution in [0, 0.1) is 5.92 Å². The zero-order valence-electron chi connectivity index (χ0n) is 7.31.